The molecule has 1 rings (SSSR count). The summed E-state index contributed by atoms with van der Waals surface area (Å²) in [6.07, 6.45) is 1.71. The second-order valence-electron chi connectivity index (χ2n) is 4.66. The Balaban J connectivity index is 2.41. The molecular weight excluding hydrogens is 278 g/mol. The Morgan fingerprint density at radius 2 is 1.90 bits per heavy atom. The monoisotopic (exact) mass is 299 g/mol. The van der Waals surface area contributed by atoms with Crippen molar-refractivity contribution in [3.05, 3.63) is 29.8 Å². The van der Waals surface area contributed by atoms with E-state index in [2.05, 4.69) is 5.32 Å². The van der Waals surface area contributed by atoms with Crippen LogP contribution in [0.15, 0.2) is 29.2 Å². The van der Waals surface area contributed by atoms with Crippen molar-refractivity contribution in [1.82, 2.24) is 5.32 Å². The summed E-state index contributed by atoms with van der Waals surface area (Å²) in [6.45, 7) is 2.43. The van der Waals surface area contributed by atoms with E-state index >= 15 is 0 Å². The maximum atomic E-state index is 11.5. The van der Waals surface area contributed by atoms with Gasteiger partial charge in [-0.25, -0.2) is 13.6 Å². The summed E-state index contributed by atoms with van der Waals surface area (Å²) in [4.78, 5) is 11.6. The molecule has 0 heterocycles. The van der Waals surface area contributed by atoms with E-state index in [0.717, 1.165) is 12.0 Å². The quantitative estimate of drug-likeness (QED) is 0.663. The summed E-state index contributed by atoms with van der Waals surface area (Å²) >= 11 is 0. The smallest absolute Gasteiger partial charge is 0.238 e. The van der Waals surface area contributed by atoms with Gasteiger partial charge in [-0.05, 0) is 30.5 Å². The topological polar surface area (TPSA) is 115 Å². The molecule has 0 fully saturated rings. The lowest BCUT2D eigenvalue weighted by molar-refractivity contribution is -0.121. The number of nitrogens with one attached hydrogen (secondary N) is 1. The molecule has 0 aromatic heterocycles. The summed E-state index contributed by atoms with van der Waals surface area (Å²) in [5, 5.41) is 7.79. The Labute approximate surface area is 119 Å². The lowest BCUT2D eigenvalue weighted by Gasteiger charge is -2.09. The first-order valence-corrected chi connectivity index (χ1v) is 8.01. The molecule has 0 aliphatic carbocycles. The van der Waals surface area contributed by atoms with Gasteiger partial charge in [0.15, 0.2) is 0 Å². The van der Waals surface area contributed by atoms with Crippen molar-refractivity contribution in [1.29, 1.82) is 0 Å². The fourth-order valence-corrected chi connectivity index (χ4v) is 2.16. The Bertz CT molecular complexity index is 540. The van der Waals surface area contributed by atoms with Gasteiger partial charge in [-0.3, -0.25) is 4.79 Å². The van der Waals surface area contributed by atoms with E-state index in [4.69, 9.17) is 10.9 Å². The highest BCUT2D eigenvalue weighted by Gasteiger charge is 2.08. The second kappa shape index (κ2) is 7.37. The van der Waals surface area contributed by atoms with Crippen molar-refractivity contribution in [2.45, 2.75) is 37.1 Å². The molecule has 0 saturated heterocycles. The van der Waals surface area contributed by atoms with Gasteiger partial charge in [0.05, 0.1) is 4.90 Å². The number of nitrogens with two attached hydrogens (primary N) is 2. The van der Waals surface area contributed by atoms with E-state index in [-0.39, 0.29) is 16.8 Å². The largest absolute Gasteiger partial charge is 0.356 e. The van der Waals surface area contributed by atoms with Gasteiger partial charge in [0, 0.05) is 19.0 Å². The fourth-order valence-electron chi connectivity index (χ4n) is 1.65. The zero-order chi connectivity index (χ0) is 15.2. The van der Waals surface area contributed by atoms with Crippen molar-refractivity contribution in [3.63, 3.8) is 0 Å². The third kappa shape index (κ3) is 5.68. The van der Waals surface area contributed by atoms with Crippen molar-refractivity contribution in [2.75, 3.05) is 6.54 Å². The minimum Gasteiger partial charge on any atom is -0.356 e. The Kier molecular flexibility index (Phi) is 6.12. The molecule has 6 nitrogen and oxygen atoms in total. The number of hydrogen-bond donors (Lipinski definition) is 3. The normalized spacial score (nSPS) is 12.9. The van der Waals surface area contributed by atoms with Gasteiger partial charge in [0.1, 0.15) is 0 Å². The summed E-state index contributed by atoms with van der Waals surface area (Å²) in [5.41, 5.74) is 6.61. The van der Waals surface area contributed by atoms with E-state index in [1.807, 2.05) is 6.92 Å². The summed E-state index contributed by atoms with van der Waals surface area (Å²) in [5.74, 6) is -0.0690. The number of benzene rings is 1. The van der Waals surface area contributed by atoms with Crippen LogP contribution in [0.5, 0.6) is 0 Å². The van der Waals surface area contributed by atoms with E-state index in [9.17, 15) is 13.2 Å². The minimum absolute atomic E-state index is 0.0690. The number of carbonyl (C=O) groups excluding carboxylic acids is 1. The molecule has 0 aliphatic rings. The first-order chi connectivity index (χ1) is 9.32. The Morgan fingerprint density at radius 3 is 2.40 bits per heavy atom. The average molecular weight is 299 g/mol. The van der Waals surface area contributed by atoms with Crippen LogP contribution in [-0.4, -0.2) is 26.9 Å². The molecule has 112 valence electrons. The third-order valence-corrected chi connectivity index (χ3v) is 3.89. The number of sulfonamides is 1. The van der Waals surface area contributed by atoms with E-state index in [0.29, 0.717) is 19.4 Å². The summed E-state index contributed by atoms with van der Waals surface area (Å²) in [6, 6.07) is 6.18. The van der Waals surface area contributed by atoms with Gasteiger partial charge in [-0.1, -0.05) is 19.1 Å². The maximum Gasteiger partial charge on any atom is 0.238 e. The van der Waals surface area contributed by atoms with Gasteiger partial charge in [0.25, 0.3) is 0 Å². The molecule has 0 radical (unpaired) electrons. The predicted octanol–water partition coefficient (Wildman–Crippen LogP) is 0.120. The first-order valence-electron chi connectivity index (χ1n) is 6.47. The van der Waals surface area contributed by atoms with E-state index in [1.165, 1.54) is 12.1 Å². The Hall–Kier alpha value is -1.44. The second-order valence-corrected chi connectivity index (χ2v) is 6.22. The SMILES string of the molecule is CCC(N)CC(=O)NCCc1ccc(S(N)(=O)=O)cc1. The van der Waals surface area contributed by atoms with Crippen LogP contribution < -0.4 is 16.2 Å². The molecular formula is C13H21N3O3S. The van der Waals surface area contributed by atoms with Crippen LogP contribution in [0.1, 0.15) is 25.3 Å². The zero-order valence-electron chi connectivity index (χ0n) is 11.5. The van der Waals surface area contributed by atoms with E-state index in [1.54, 1.807) is 12.1 Å². The van der Waals surface area contributed by atoms with Crippen LogP contribution in [0.3, 0.4) is 0 Å². The highest BCUT2D eigenvalue weighted by Crippen LogP contribution is 2.08. The molecule has 0 saturated carbocycles. The van der Waals surface area contributed by atoms with Crippen molar-refractivity contribution < 1.29 is 13.2 Å². The minimum atomic E-state index is -3.65. The molecule has 0 aliphatic heterocycles. The molecule has 5 N–H and O–H groups in total. The molecule has 0 bridgehead atoms. The molecule has 1 amide bonds. The highest BCUT2D eigenvalue weighted by atomic mass is 32.2. The van der Waals surface area contributed by atoms with Crippen LogP contribution in [0.4, 0.5) is 0 Å². The average Bonchev–Trinajstić information content (AvgIpc) is 2.38. The molecule has 0 spiro atoms. The summed E-state index contributed by atoms with van der Waals surface area (Å²) in [7, 11) is -3.65. The molecule has 7 heteroatoms. The first kappa shape index (κ1) is 16.6. The van der Waals surface area contributed by atoms with Crippen LogP contribution in [-0.2, 0) is 21.2 Å². The van der Waals surface area contributed by atoms with Gasteiger partial charge < -0.3 is 11.1 Å². The van der Waals surface area contributed by atoms with Gasteiger partial charge >= 0.3 is 0 Å². The molecule has 1 aromatic rings. The van der Waals surface area contributed by atoms with Gasteiger partial charge in [-0.15, -0.1) is 0 Å². The molecule has 20 heavy (non-hydrogen) atoms. The number of amides is 1. The molecule has 1 aromatic carbocycles. The van der Waals surface area contributed by atoms with Crippen LogP contribution in [0.25, 0.3) is 0 Å². The van der Waals surface area contributed by atoms with Crippen molar-refractivity contribution in [3.8, 4) is 0 Å². The molecule has 1 unspecified atom stereocenters. The number of rotatable bonds is 7. The Morgan fingerprint density at radius 1 is 1.30 bits per heavy atom. The number of carbonyl (C=O) groups is 1. The number of primary sulfonamides is 1. The third-order valence-electron chi connectivity index (χ3n) is 2.96. The fraction of sp³-hybridized carbons (Fsp3) is 0.462. The van der Waals surface area contributed by atoms with Crippen LogP contribution >= 0.6 is 0 Å². The predicted molar refractivity (Wildman–Crippen MR) is 77.4 cm³/mol. The standard InChI is InChI=1S/C13H21N3O3S/c1-2-11(14)9-13(17)16-8-7-10-3-5-12(6-4-10)20(15,18)19/h3-6,11H,2,7-9,14H2,1H3,(H,16,17)(H2,15,18,19). The zero-order valence-corrected chi connectivity index (χ0v) is 12.3. The molecule has 1 atom stereocenters. The highest BCUT2D eigenvalue weighted by molar-refractivity contribution is 7.89. The van der Waals surface area contributed by atoms with Crippen molar-refractivity contribution >= 4 is 15.9 Å². The lowest BCUT2D eigenvalue weighted by Crippen LogP contribution is -2.32. The van der Waals surface area contributed by atoms with Gasteiger partial charge in [-0.2, -0.15) is 0 Å². The van der Waals surface area contributed by atoms with E-state index < -0.39 is 10.0 Å². The van der Waals surface area contributed by atoms with Crippen LogP contribution in [0, 0.1) is 0 Å². The maximum absolute atomic E-state index is 11.5. The van der Waals surface area contributed by atoms with Crippen LogP contribution in [0.2, 0.25) is 0 Å². The number of hydrogen-bond acceptors (Lipinski definition) is 4. The lowest BCUT2D eigenvalue weighted by atomic mass is 10.1. The van der Waals surface area contributed by atoms with Crippen molar-refractivity contribution in [2.24, 2.45) is 10.9 Å². The summed E-state index contributed by atoms with van der Waals surface area (Å²) < 4.78 is 22.2. The van der Waals surface area contributed by atoms with Gasteiger partial charge in [0.2, 0.25) is 15.9 Å².